The van der Waals surface area contributed by atoms with E-state index < -0.39 is 28.7 Å². The maximum absolute atomic E-state index is 14.5. The van der Waals surface area contributed by atoms with Crippen molar-refractivity contribution in [2.45, 2.75) is 77.5 Å². The van der Waals surface area contributed by atoms with Gasteiger partial charge in [0.2, 0.25) is 11.9 Å². The third-order valence-corrected chi connectivity index (χ3v) is 7.03. The zero-order chi connectivity index (χ0) is 26.3. The van der Waals surface area contributed by atoms with E-state index in [1.54, 1.807) is 9.47 Å². The molecule has 3 aromatic rings. The van der Waals surface area contributed by atoms with Crippen molar-refractivity contribution in [2.75, 3.05) is 23.7 Å². The number of carbonyl (C=O) groups is 1. The summed E-state index contributed by atoms with van der Waals surface area (Å²) >= 11 is 0. The lowest BCUT2D eigenvalue weighted by Gasteiger charge is -2.38. The van der Waals surface area contributed by atoms with Crippen LogP contribution in [-0.2, 0) is 4.79 Å². The van der Waals surface area contributed by atoms with Crippen LogP contribution < -0.4 is 10.6 Å². The number of nitrogens with zero attached hydrogens (tertiary/aromatic N) is 5. The van der Waals surface area contributed by atoms with Gasteiger partial charge in [-0.3, -0.25) is 9.36 Å². The Balaban J connectivity index is 0.00000336. The quantitative estimate of drug-likeness (QED) is 0.413. The van der Waals surface area contributed by atoms with Crippen molar-refractivity contribution in [1.82, 2.24) is 24.4 Å². The molecule has 9 nitrogen and oxygen atoms in total. The van der Waals surface area contributed by atoms with Crippen molar-refractivity contribution in [2.24, 2.45) is 0 Å². The van der Waals surface area contributed by atoms with Gasteiger partial charge in [-0.25, -0.2) is 23.1 Å². The molecule has 206 valence electrons. The van der Waals surface area contributed by atoms with Crippen LogP contribution in [0.1, 0.15) is 65.8 Å². The number of imidazole rings is 1. The molecule has 0 atom stereocenters. The van der Waals surface area contributed by atoms with Crippen molar-refractivity contribution >= 4 is 34.7 Å². The largest absolute Gasteiger partial charge is 0.380 e. The van der Waals surface area contributed by atoms with E-state index in [0.29, 0.717) is 55.2 Å². The van der Waals surface area contributed by atoms with Gasteiger partial charge in [-0.05, 0) is 52.4 Å². The molecule has 1 amide bonds. The summed E-state index contributed by atoms with van der Waals surface area (Å²) < 4.78 is 44.2. The summed E-state index contributed by atoms with van der Waals surface area (Å²) in [5.74, 6) is -2.99. The Morgan fingerprint density at radius 2 is 1.74 bits per heavy atom. The first-order valence-electron chi connectivity index (χ1n) is 12.6. The van der Waals surface area contributed by atoms with Crippen molar-refractivity contribution in [3.63, 3.8) is 0 Å². The highest BCUT2D eigenvalue weighted by Crippen LogP contribution is 2.40. The number of fused-ring (bicyclic) bond motifs is 1. The molecule has 0 unspecified atom stereocenters. The fourth-order valence-electron chi connectivity index (χ4n) is 5.19. The number of aliphatic hydroxyl groups is 1. The molecule has 0 spiro atoms. The molecular formula is C26H34F3N7O2. The van der Waals surface area contributed by atoms with E-state index in [1.165, 1.54) is 6.20 Å². The minimum absolute atomic E-state index is 0. The summed E-state index contributed by atoms with van der Waals surface area (Å²) in [5.41, 5.74) is -1.15. The number of aromatic nitrogens is 4. The van der Waals surface area contributed by atoms with Gasteiger partial charge in [0, 0.05) is 37.3 Å². The third kappa shape index (κ3) is 5.27. The Morgan fingerprint density at radius 3 is 2.34 bits per heavy atom. The Hall–Kier alpha value is -3.41. The molecule has 1 aliphatic heterocycles. The number of hydrogen-bond donors (Lipinski definition) is 3. The lowest BCUT2D eigenvalue weighted by atomic mass is 9.81. The van der Waals surface area contributed by atoms with Crippen molar-refractivity contribution < 1.29 is 23.1 Å². The summed E-state index contributed by atoms with van der Waals surface area (Å²) in [5, 5.41) is 17.0. The second-order valence-corrected chi connectivity index (χ2v) is 10.1. The van der Waals surface area contributed by atoms with Crippen LogP contribution in [-0.4, -0.2) is 60.2 Å². The van der Waals surface area contributed by atoms with Crippen LogP contribution in [0, 0.1) is 17.5 Å². The highest BCUT2D eigenvalue weighted by atomic mass is 19.1. The van der Waals surface area contributed by atoms with Crippen LogP contribution in [0.4, 0.5) is 30.8 Å². The minimum Gasteiger partial charge on any atom is -0.380 e. The Morgan fingerprint density at radius 1 is 1.11 bits per heavy atom. The van der Waals surface area contributed by atoms with Gasteiger partial charge in [0.05, 0.1) is 6.20 Å². The molecule has 3 N–H and O–H groups in total. The predicted octanol–water partition coefficient (Wildman–Crippen LogP) is 4.91. The van der Waals surface area contributed by atoms with Gasteiger partial charge in [-0.1, -0.05) is 7.43 Å². The summed E-state index contributed by atoms with van der Waals surface area (Å²) in [7, 11) is 0. The average molecular weight is 534 g/mol. The lowest BCUT2D eigenvalue weighted by molar-refractivity contribution is -0.154. The van der Waals surface area contributed by atoms with Gasteiger partial charge in [0.15, 0.2) is 17.3 Å². The molecule has 2 aromatic heterocycles. The standard InChI is InChI=1S/C25H30F3N7O2.CH4/c1-14(2)30-23-29-13-19-21(33-23)35(24(31-19)32-20-17(27)11-15(26)12-18(20)28)16-5-7-25(37,8-6-16)22(36)34-9-3-4-10-34;/h11-14,16,37H,3-10H2,1-2H3,(H,31,32)(H,29,30,33);1H4. The molecule has 1 aliphatic carbocycles. The van der Waals surface area contributed by atoms with E-state index in [9.17, 15) is 23.1 Å². The van der Waals surface area contributed by atoms with Crippen molar-refractivity contribution in [1.29, 1.82) is 0 Å². The summed E-state index contributed by atoms with van der Waals surface area (Å²) in [6.07, 6.45) is 4.68. The number of carbonyl (C=O) groups excluding carboxylic acids is 1. The van der Waals surface area contributed by atoms with E-state index in [0.717, 1.165) is 12.8 Å². The Bertz CT molecular complexity index is 1290. The van der Waals surface area contributed by atoms with E-state index >= 15 is 0 Å². The van der Waals surface area contributed by atoms with Crippen molar-refractivity contribution in [3.8, 4) is 0 Å². The molecule has 0 bridgehead atoms. The smallest absolute Gasteiger partial charge is 0.254 e. The maximum Gasteiger partial charge on any atom is 0.254 e. The second kappa shape index (κ2) is 10.8. The van der Waals surface area contributed by atoms with Gasteiger partial charge in [0.25, 0.3) is 5.91 Å². The first-order valence-corrected chi connectivity index (χ1v) is 12.6. The van der Waals surface area contributed by atoms with Crippen LogP contribution >= 0.6 is 0 Å². The normalized spacial score (nSPS) is 21.6. The molecular weight excluding hydrogens is 499 g/mol. The van der Waals surface area contributed by atoms with Gasteiger partial charge in [-0.2, -0.15) is 4.98 Å². The first-order chi connectivity index (χ1) is 17.6. The number of benzene rings is 1. The topological polar surface area (TPSA) is 108 Å². The van der Waals surface area contributed by atoms with E-state index in [4.69, 9.17) is 0 Å². The summed E-state index contributed by atoms with van der Waals surface area (Å²) in [6, 6.07) is 0.976. The number of amides is 1. The zero-order valence-electron chi connectivity index (χ0n) is 20.8. The van der Waals surface area contributed by atoms with Gasteiger partial charge < -0.3 is 20.6 Å². The van der Waals surface area contributed by atoms with Crippen LogP contribution in [0.15, 0.2) is 18.3 Å². The number of anilines is 3. The fourth-order valence-corrected chi connectivity index (χ4v) is 5.19. The second-order valence-electron chi connectivity index (χ2n) is 10.1. The summed E-state index contributed by atoms with van der Waals surface area (Å²) in [6.45, 7) is 5.19. The minimum atomic E-state index is -1.45. The van der Waals surface area contributed by atoms with E-state index in [1.807, 2.05) is 13.8 Å². The molecule has 38 heavy (non-hydrogen) atoms. The monoisotopic (exact) mass is 533 g/mol. The highest BCUT2D eigenvalue weighted by Gasteiger charge is 2.43. The van der Waals surface area contributed by atoms with Crippen molar-refractivity contribution in [3.05, 3.63) is 35.8 Å². The number of likely N-dealkylation sites (tertiary alicyclic amines) is 1. The highest BCUT2D eigenvalue weighted by molar-refractivity contribution is 5.85. The molecule has 12 heteroatoms. The molecule has 5 rings (SSSR count). The molecule has 1 saturated heterocycles. The lowest BCUT2D eigenvalue weighted by Crippen LogP contribution is -2.50. The molecule has 0 radical (unpaired) electrons. The zero-order valence-corrected chi connectivity index (χ0v) is 20.8. The predicted molar refractivity (Wildman–Crippen MR) is 139 cm³/mol. The van der Waals surface area contributed by atoms with Gasteiger partial charge in [0.1, 0.15) is 22.6 Å². The number of nitrogens with one attached hydrogen (secondary N) is 2. The number of rotatable bonds is 6. The van der Waals surface area contributed by atoms with Crippen LogP contribution in [0.3, 0.4) is 0 Å². The summed E-state index contributed by atoms with van der Waals surface area (Å²) in [4.78, 5) is 28.1. The van der Waals surface area contributed by atoms with E-state index in [-0.39, 0.29) is 44.2 Å². The van der Waals surface area contributed by atoms with Crippen LogP contribution in [0.25, 0.3) is 11.2 Å². The number of hydrogen-bond acceptors (Lipinski definition) is 7. The Labute approximate surface area is 219 Å². The molecule has 1 saturated carbocycles. The molecule has 1 aromatic carbocycles. The first kappa shape index (κ1) is 27.6. The molecule has 3 heterocycles. The molecule has 2 fully saturated rings. The molecule has 2 aliphatic rings. The van der Waals surface area contributed by atoms with Gasteiger partial charge in [-0.15, -0.1) is 0 Å². The van der Waals surface area contributed by atoms with E-state index in [2.05, 4.69) is 25.6 Å². The fraction of sp³-hybridized carbons (Fsp3) is 0.538. The average Bonchev–Trinajstić information content (AvgIpc) is 3.49. The van der Waals surface area contributed by atoms with Crippen LogP contribution in [0.5, 0.6) is 0 Å². The van der Waals surface area contributed by atoms with Crippen LogP contribution in [0.2, 0.25) is 0 Å². The maximum atomic E-state index is 14.5. The Kier molecular flexibility index (Phi) is 7.82. The SMILES string of the molecule is C.CC(C)Nc1ncc2nc(Nc3c(F)cc(F)cc3F)n(C3CCC(O)(C(=O)N4CCCC4)CC3)c2n1. The number of halogens is 3. The third-order valence-electron chi connectivity index (χ3n) is 7.03. The van der Waals surface area contributed by atoms with Gasteiger partial charge >= 0.3 is 0 Å².